The minimum absolute atomic E-state index is 0.140. The van der Waals surface area contributed by atoms with Gasteiger partial charge in [0.05, 0.1) is 26.4 Å². The Morgan fingerprint density at radius 3 is 2.57 bits per heavy atom. The van der Waals surface area contributed by atoms with Crippen LogP contribution in [-0.4, -0.2) is 69.9 Å². The van der Waals surface area contributed by atoms with Crippen LogP contribution in [0.4, 0.5) is 4.79 Å². The van der Waals surface area contributed by atoms with Crippen molar-refractivity contribution in [3.05, 3.63) is 35.9 Å². The Morgan fingerprint density at radius 1 is 1.14 bits per heavy atom. The average molecular weight is 395 g/mol. The van der Waals surface area contributed by atoms with Crippen molar-refractivity contribution in [1.29, 1.82) is 0 Å². The molecule has 3 atom stereocenters. The molecule has 0 radical (unpaired) electrons. The highest BCUT2D eigenvalue weighted by atomic mass is 16.7. The summed E-state index contributed by atoms with van der Waals surface area (Å²) in [7, 11) is 2.87. The Labute approximate surface area is 165 Å². The number of ether oxygens (including phenoxy) is 5. The Kier molecular flexibility index (Phi) is 9.19. The SMILES string of the molecule is COCOCCCO[C@H]1CN(C(=O)OCc2ccccc2)[C@@H](C(=O)OC)[C@@H]1C. The first-order chi connectivity index (χ1) is 13.6. The van der Waals surface area contributed by atoms with E-state index in [1.807, 2.05) is 37.3 Å². The summed E-state index contributed by atoms with van der Waals surface area (Å²) in [5.74, 6) is -0.685. The molecule has 1 amide bonds. The van der Waals surface area contributed by atoms with Crippen LogP contribution in [0.2, 0.25) is 0 Å². The molecule has 1 fully saturated rings. The van der Waals surface area contributed by atoms with E-state index in [1.165, 1.54) is 12.0 Å². The van der Waals surface area contributed by atoms with E-state index < -0.39 is 18.1 Å². The number of hydrogen-bond acceptors (Lipinski definition) is 7. The first kappa shape index (κ1) is 22.1. The van der Waals surface area contributed by atoms with E-state index in [1.54, 1.807) is 7.11 Å². The Morgan fingerprint density at radius 2 is 1.89 bits per heavy atom. The van der Waals surface area contributed by atoms with Gasteiger partial charge in [-0.15, -0.1) is 0 Å². The van der Waals surface area contributed by atoms with Crippen molar-refractivity contribution < 1.29 is 33.3 Å². The van der Waals surface area contributed by atoms with Crippen molar-refractivity contribution in [3.8, 4) is 0 Å². The van der Waals surface area contributed by atoms with Gasteiger partial charge in [-0.05, 0) is 12.0 Å². The lowest BCUT2D eigenvalue weighted by molar-refractivity contribution is -0.147. The van der Waals surface area contributed by atoms with Gasteiger partial charge in [-0.2, -0.15) is 0 Å². The van der Waals surface area contributed by atoms with Crippen LogP contribution < -0.4 is 0 Å². The molecule has 1 aliphatic heterocycles. The van der Waals surface area contributed by atoms with E-state index in [0.717, 1.165) is 5.56 Å². The van der Waals surface area contributed by atoms with Crippen LogP contribution in [0.3, 0.4) is 0 Å². The number of carbonyl (C=O) groups is 2. The van der Waals surface area contributed by atoms with Crippen molar-refractivity contribution in [3.63, 3.8) is 0 Å². The molecular formula is C20H29NO7. The standard InChI is InChI=1S/C20H29NO7/c1-15-17(27-11-7-10-26-14-24-2)12-21(18(15)19(22)25-3)20(23)28-13-16-8-5-4-6-9-16/h4-6,8-9,15,17-18H,7,10-14H2,1-3H3/t15-,17+,18-/m1/s1. The first-order valence-corrected chi connectivity index (χ1v) is 9.32. The van der Waals surface area contributed by atoms with Crippen molar-refractivity contribution in [2.24, 2.45) is 5.92 Å². The Bertz CT molecular complexity index is 610. The van der Waals surface area contributed by atoms with Gasteiger partial charge < -0.3 is 23.7 Å². The fraction of sp³-hybridized carbons (Fsp3) is 0.600. The van der Waals surface area contributed by atoms with Crippen LogP contribution in [0.1, 0.15) is 18.9 Å². The number of likely N-dealkylation sites (tertiary alicyclic amines) is 1. The lowest BCUT2D eigenvalue weighted by Gasteiger charge is -2.23. The van der Waals surface area contributed by atoms with Gasteiger partial charge in [0.25, 0.3) is 0 Å². The minimum Gasteiger partial charge on any atom is -0.467 e. The molecule has 0 N–H and O–H groups in total. The molecule has 8 heteroatoms. The van der Waals surface area contributed by atoms with Crippen LogP contribution in [0, 0.1) is 5.92 Å². The number of amides is 1. The fourth-order valence-corrected chi connectivity index (χ4v) is 3.16. The van der Waals surface area contributed by atoms with Gasteiger partial charge in [0.15, 0.2) is 0 Å². The van der Waals surface area contributed by atoms with E-state index in [4.69, 9.17) is 23.7 Å². The minimum atomic E-state index is -0.733. The second-order valence-corrected chi connectivity index (χ2v) is 6.60. The normalized spacial score (nSPS) is 21.5. The summed E-state index contributed by atoms with van der Waals surface area (Å²) in [6.07, 6.45) is -0.148. The molecule has 0 spiro atoms. The maximum absolute atomic E-state index is 12.6. The molecule has 1 aromatic carbocycles. The molecule has 2 rings (SSSR count). The molecule has 28 heavy (non-hydrogen) atoms. The lowest BCUT2D eigenvalue weighted by atomic mass is 10.0. The smallest absolute Gasteiger partial charge is 0.410 e. The topological polar surface area (TPSA) is 83.5 Å². The van der Waals surface area contributed by atoms with Crippen LogP contribution in [-0.2, 0) is 35.1 Å². The Hall–Kier alpha value is -2.16. The largest absolute Gasteiger partial charge is 0.467 e. The zero-order valence-corrected chi connectivity index (χ0v) is 16.7. The summed E-state index contributed by atoms with van der Waals surface area (Å²) in [5.41, 5.74) is 0.876. The van der Waals surface area contributed by atoms with Gasteiger partial charge in [-0.25, -0.2) is 9.59 Å². The van der Waals surface area contributed by atoms with Crippen molar-refractivity contribution in [1.82, 2.24) is 4.90 Å². The van der Waals surface area contributed by atoms with Crippen LogP contribution >= 0.6 is 0 Å². The van der Waals surface area contributed by atoms with Gasteiger partial charge in [0.2, 0.25) is 0 Å². The molecular weight excluding hydrogens is 366 g/mol. The quantitative estimate of drug-likeness (QED) is 0.341. The second-order valence-electron chi connectivity index (χ2n) is 6.60. The summed E-state index contributed by atoms with van der Waals surface area (Å²) < 4.78 is 26.2. The maximum atomic E-state index is 12.6. The van der Waals surface area contributed by atoms with Crippen LogP contribution in [0.5, 0.6) is 0 Å². The summed E-state index contributed by atoms with van der Waals surface area (Å²) in [4.78, 5) is 26.2. The predicted octanol–water partition coefficient (Wildman–Crippen LogP) is 2.21. The molecule has 0 unspecified atom stereocenters. The average Bonchev–Trinajstić information content (AvgIpc) is 3.05. The first-order valence-electron chi connectivity index (χ1n) is 9.32. The third kappa shape index (κ3) is 6.19. The molecule has 1 aromatic rings. The van der Waals surface area contributed by atoms with Crippen LogP contribution in [0.15, 0.2) is 30.3 Å². The maximum Gasteiger partial charge on any atom is 0.410 e. The summed E-state index contributed by atoms with van der Waals surface area (Å²) in [5, 5.41) is 0. The van der Waals surface area contributed by atoms with Gasteiger partial charge in [-0.1, -0.05) is 37.3 Å². The van der Waals surface area contributed by atoms with E-state index in [9.17, 15) is 9.59 Å². The lowest BCUT2D eigenvalue weighted by Crippen LogP contribution is -2.43. The number of esters is 1. The van der Waals surface area contributed by atoms with Crippen molar-refractivity contribution in [2.45, 2.75) is 32.1 Å². The second kappa shape index (κ2) is 11.6. The van der Waals surface area contributed by atoms with Crippen molar-refractivity contribution >= 4 is 12.1 Å². The third-order valence-electron chi connectivity index (χ3n) is 4.65. The van der Waals surface area contributed by atoms with E-state index in [-0.39, 0.29) is 32.0 Å². The van der Waals surface area contributed by atoms with Crippen LogP contribution in [0.25, 0.3) is 0 Å². The highest BCUT2D eigenvalue weighted by Gasteiger charge is 2.47. The van der Waals surface area contributed by atoms with E-state index in [0.29, 0.717) is 19.6 Å². The van der Waals surface area contributed by atoms with Crippen molar-refractivity contribution in [2.75, 3.05) is 40.8 Å². The number of carbonyl (C=O) groups excluding carboxylic acids is 2. The zero-order valence-electron chi connectivity index (χ0n) is 16.7. The zero-order chi connectivity index (χ0) is 20.4. The molecule has 0 saturated carbocycles. The molecule has 1 aliphatic rings. The summed E-state index contributed by atoms with van der Waals surface area (Å²) in [6.45, 7) is 3.50. The van der Waals surface area contributed by atoms with E-state index in [2.05, 4.69) is 0 Å². The molecule has 0 aromatic heterocycles. The molecule has 0 aliphatic carbocycles. The molecule has 8 nitrogen and oxygen atoms in total. The van der Waals surface area contributed by atoms with E-state index >= 15 is 0 Å². The summed E-state index contributed by atoms with van der Waals surface area (Å²) in [6, 6.07) is 8.65. The third-order valence-corrected chi connectivity index (χ3v) is 4.65. The van der Waals surface area contributed by atoms with Gasteiger partial charge in [0.1, 0.15) is 19.4 Å². The highest BCUT2D eigenvalue weighted by molar-refractivity contribution is 5.82. The molecule has 156 valence electrons. The molecule has 0 bridgehead atoms. The number of nitrogens with zero attached hydrogens (tertiary/aromatic N) is 1. The molecule has 1 saturated heterocycles. The van der Waals surface area contributed by atoms with Gasteiger partial charge >= 0.3 is 12.1 Å². The highest BCUT2D eigenvalue weighted by Crippen LogP contribution is 2.28. The monoisotopic (exact) mass is 395 g/mol. The Balaban J connectivity index is 1.90. The molecule has 1 heterocycles. The van der Waals surface area contributed by atoms with Gasteiger partial charge in [-0.3, -0.25) is 4.90 Å². The fourth-order valence-electron chi connectivity index (χ4n) is 3.16. The number of methoxy groups -OCH3 is 2. The number of hydrogen-bond donors (Lipinski definition) is 0. The number of rotatable bonds is 10. The predicted molar refractivity (Wildman–Crippen MR) is 100 cm³/mol. The van der Waals surface area contributed by atoms with Gasteiger partial charge in [0, 0.05) is 19.6 Å². The summed E-state index contributed by atoms with van der Waals surface area (Å²) >= 11 is 0. The number of benzene rings is 1.